The number of nitrogens with zero attached hydrogens (tertiary/aromatic N) is 3. The number of carboxylic acids is 1. The van der Waals surface area contributed by atoms with E-state index in [1.165, 1.54) is 14.0 Å². The van der Waals surface area contributed by atoms with Crippen molar-refractivity contribution in [3.8, 4) is 6.07 Å². The summed E-state index contributed by atoms with van der Waals surface area (Å²) >= 11 is 0. The van der Waals surface area contributed by atoms with E-state index in [0.29, 0.717) is 0 Å². The Morgan fingerprint density at radius 1 is 1.52 bits per heavy atom. The summed E-state index contributed by atoms with van der Waals surface area (Å²) < 4.78 is 31.0. The van der Waals surface area contributed by atoms with Crippen LogP contribution in [0.2, 0.25) is 0 Å². The van der Waals surface area contributed by atoms with Crippen LogP contribution in [0.1, 0.15) is 22.6 Å². The van der Waals surface area contributed by atoms with Crippen molar-refractivity contribution in [2.24, 2.45) is 0 Å². The van der Waals surface area contributed by atoms with Crippen molar-refractivity contribution >= 4 is 16.0 Å². The second-order valence-corrected chi connectivity index (χ2v) is 6.01. The molecule has 1 aromatic rings. The van der Waals surface area contributed by atoms with Crippen molar-refractivity contribution in [3.63, 3.8) is 0 Å². The molecule has 0 saturated heterocycles. The fraction of sp³-hybridized carbons (Fsp3) is 0.545. The second kappa shape index (κ2) is 7.16. The van der Waals surface area contributed by atoms with E-state index in [4.69, 9.17) is 15.1 Å². The number of aromatic amines is 1. The fourth-order valence-electron chi connectivity index (χ4n) is 1.73. The molecule has 0 aliphatic rings. The molecule has 21 heavy (non-hydrogen) atoms. The molecule has 0 spiro atoms. The summed E-state index contributed by atoms with van der Waals surface area (Å²) in [6, 6.07) is 1.86. The number of aryl methyl sites for hydroxylation is 1. The molecular weight excluding hydrogens is 300 g/mol. The maximum Gasteiger partial charge on any atom is 0.357 e. The summed E-state index contributed by atoms with van der Waals surface area (Å²) in [7, 11) is -2.66. The molecule has 0 unspecified atom stereocenters. The normalized spacial score (nSPS) is 11.5. The molecule has 9 nitrogen and oxygen atoms in total. The van der Waals surface area contributed by atoms with E-state index in [1.807, 2.05) is 6.07 Å². The molecule has 0 fully saturated rings. The Morgan fingerprint density at radius 3 is 2.71 bits per heavy atom. The zero-order valence-corrected chi connectivity index (χ0v) is 12.5. The highest BCUT2D eigenvalue weighted by atomic mass is 32.2. The highest BCUT2D eigenvalue weighted by molar-refractivity contribution is 7.89. The molecule has 0 amide bonds. The third kappa shape index (κ3) is 3.78. The van der Waals surface area contributed by atoms with E-state index in [0.717, 1.165) is 4.31 Å². The first-order valence-electron chi connectivity index (χ1n) is 6.00. The largest absolute Gasteiger partial charge is 0.476 e. The van der Waals surface area contributed by atoms with Gasteiger partial charge in [0, 0.05) is 26.6 Å². The second-order valence-electron chi connectivity index (χ2n) is 4.14. The van der Waals surface area contributed by atoms with Gasteiger partial charge in [0.1, 0.15) is 4.90 Å². The van der Waals surface area contributed by atoms with Gasteiger partial charge in [-0.2, -0.15) is 14.7 Å². The number of ether oxygens (including phenoxy) is 1. The topological polar surface area (TPSA) is 136 Å². The number of methoxy groups -OCH3 is 1. The number of rotatable bonds is 8. The minimum atomic E-state index is -4.08. The number of hydrogen-bond donors (Lipinski definition) is 2. The van der Waals surface area contributed by atoms with E-state index in [2.05, 4.69) is 10.2 Å². The lowest BCUT2D eigenvalue weighted by Gasteiger charge is -2.20. The van der Waals surface area contributed by atoms with E-state index < -0.39 is 21.7 Å². The SMILES string of the molecule is COCCN(CCC#N)S(=O)(=O)c1c(C(=O)O)n[nH]c1C. The monoisotopic (exact) mass is 316 g/mol. The van der Waals surface area contributed by atoms with Gasteiger partial charge >= 0.3 is 5.97 Å². The lowest BCUT2D eigenvalue weighted by molar-refractivity contribution is 0.0686. The minimum Gasteiger partial charge on any atom is -0.476 e. The van der Waals surface area contributed by atoms with Gasteiger partial charge in [0.25, 0.3) is 0 Å². The van der Waals surface area contributed by atoms with Gasteiger partial charge in [-0.15, -0.1) is 0 Å². The quantitative estimate of drug-likeness (QED) is 0.687. The predicted octanol–water partition coefficient (Wildman–Crippen LogP) is -0.0329. The third-order valence-corrected chi connectivity index (χ3v) is 4.77. The number of nitriles is 1. The molecule has 0 aliphatic heterocycles. The van der Waals surface area contributed by atoms with Gasteiger partial charge in [0.2, 0.25) is 10.0 Å². The Bertz CT molecular complexity index is 646. The van der Waals surface area contributed by atoms with Crippen LogP contribution in [-0.2, 0) is 14.8 Å². The van der Waals surface area contributed by atoms with Crippen molar-refractivity contribution in [1.82, 2.24) is 14.5 Å². The Hall–Kier alpha value is -1.96. The van der Waals surface area contributed by atoms with Crippen LogP contribution in [-0.4, -0.2) is 60.8 Å². The molecule has 0 aliphatic carbocycles. The van der Waals surface area contributed by atoms with Crippen LogP contribution in [0.3, 0.4) is 0 Å². The number of aromatic nitrogens is 2. The Morgan fingerprint density at radius 2 is 2.19 bits per heavy atom. The molecule has 0 saturated carbocycles. The van der Waals surface area contributed by atoms with Gasteiger partial charge in [-0.1, -0.05) is 0 Å². The van der Waals surface area contributed by atoms with E-state index in [1.54, 1.807) is 0 Å². The smallest absolute Gasteiger partial charge is 0.357 e. The molecule has 0 bridgehead atoms. The average Bonchev–Trinajstić information content (AvgIpc) is 2.81. The summed E-state index contributed by atoms with van der Waals surface area (Å²) in [5.41, 5.74) is -0.432. The summed E-state index contributed by atoms with van der Waals surface area (Å²) in [5.74, 6) is -1.44. The summed E-state index contributed by atoms with van der Waals surface area (Å²) in [6.45, 7) is 1.52. The molecule has 116 valence electrons. The first-order chi connectivity index (χ1) is 9.86. The predicted molar refractivity (Wildman–Crippen MR) is 71.1 cm³/mol. The van der Waals surface area contributed by atoms with E-state index in [-0.39, 0.29) is 36.7 Å². The third-order valence-electron chi connectivity index (χ3n) is 2.71. The number of hydrogen-bond acceptors (Lipinski definition) is 6. The van der Waals surface area contributed by atoms with Crippen molar-refractivity contribution in [3.05, 3.63) is 11.4 Å². The van der Waals surface area contributed by atoms with Crippen LogP contribution in [0.25, 0.3) is 0 Å². The van der Waals surface area contributed by atoms with Gasteiger partial charge in [-0.3, -0.25) is 5.10 Å². The Labute approximate surface area is 122 Å². The molecule has 1 aromatic heterocycles. The summed E-state index contributed by atoms with van der Waals surface area (Å²) in [4.78, 5) is 10.7. The number of carboxylic acid groups (broad SMARTS) is 1. The standard InChI is InChI=1S/C11H16N4O5S/c1-8-10(9(11(16)17)14-13-8)21(18,19)15(5-3-4-12)6-7-20-2/h3,5-7H2,1-2H3,(H,13,14)(H,16,17). The summed E-state index contributed by atoms with van der Waals surface area (Å²) in [5, 5.41) is 23.5. The van der Waals surface area contributed by atoms with Crippen LogP contribution in [0.5, 0.6) is 0 Å². The lowest BCUT2D eigenvalue weighted by atomic mass is 10.4. The van der Waals surface area contributed by atoms with Crippen LogP contribution in [0.15, 0.2) is 4.90 Å². The van der Waals surface area contributed by atoms with Crippen LogP contribution in [0, 0.1) is 18.3 Å². The van der Waals surface area contributed by atoms with Crippen molar-refractivity contribution in [1.29, 1.82) is 5.26 Å². The first-order valence-corrected chi connectivity index (χ1v) is 7.44. The number of carbonyl (C=O) groups is 1. The average molecular weight is 316 g/mol. The van der Waals surface area contributed by atoms with Crippen molar-refractivity contribution in [2.45, 2.75) is 18.2 Å². The van der Waals surface area contributed by atoms with Gasteiger partial charge in [0.15, 0.2) is 5.69 Å². The highest BCUT2D eigenvalue weighted by Gasteiger charge is 2.33. The number of nitrogens with one attached hydrogen (secondary N) is 1. The van der Waals surface area contributed by atoms with Gasteiger partial charge in [-0.05, 0) is 6.92 Å². The summed E-state index contributed by atoms with van der Waals surface area (Å²) in [6.07, 6.45) is -0.0117. The van der Waals surface area contributed by atoms with Gasteiger partial charge in [0.05, 0.1) is 18.4 Å². The Balaban J connectivity index is 3.25. The zero-order chi connectivity index (χ0) is 16.0. The molecular formula is C11H16N4O5S. The maximum absolute atomic E-state index is 12.6. The maximum atomic E-state index is 12.6. The molecule has 10 heteroatoms. The minimum absolute atomic E-state index is 0.0117. The van der Waals surface area contributed by atoms with Crippen LogP contribution < -0.4 is 0 Å². The first kappa shape index (κ1) is 17.1. The van der Waals surface area contributed by atoms with Crippen LogP contribution in [0.4, 0.5) is 0 Å². The van der Waals surface area contributed by atoms with Crippen LogP contribution >= 0.6 is 0 Å². The van der Waals surface area contributed by atoms with Crippen molar-refractivity contribution in [2.75, 3.05) is 26.8 Å². The fourth-order valence-corrected chi connectivity index (χ4v) is 3.44. The highest BCUT2D eigenvalue weighted by Crippen LogP contribution is 2.22. The number of sulfonamides is 1. The van der Waals surface area contributed by atoms with Gasteiger partial charge < -0.3 is 9.84 Å². The molecule has 2 N–H and O–H groups in total. The molecule has 0 aromatic carbocycles. The number of H-pyrrole nitrogens is 1. The van der Waals surface area contributed by atoms with E-state index in [9.17, 15) is 13.2 Å². The Kier molecular flexibility index (Phi) is 5.83. The number of aromatic carboxylic acids is 1. The van der Waals surface area contributed by atoms with E-state index >= 15 is 0 Å². The van der Waals surface area contributed by atoms with Crippen molar-refractivity contribution < 1.29 is 23.1 Å². The molecule has 1 rings (SSSR count). The molecule has 1 heterocycles. The lowest BCUT2D eigenvalue weighted by Crippen LogP contribution is -2.35. The molecule has 0 radical (unpaired) electrons. The zero-order valence-electron chi connectivity index (χ0n) is 11.7. The van der Waals surface area contributed by atoms with Gasteiger partial charge in [-0.25, -0.2) is 13.2 Å². The molecule has 0 atom stereocenters.